The van der Waals surface area contributed by atoms with Crippen LogP contribution in [0.5, 0.6) is 11.5 Å². The van der Waals surface area contributed by atoms with Gasteiger partial charge in [0, 0.05) is 6.20 Å². The Kier molecular flexibility index (Phi) is 4.17. The van der Waals surface area contributed by atoms with E-state index < -0.39 is 0 Å². The van der Waals surface area contributed by atoms with Crippen LogP contribution in [0.4, 0.5) is 0 Å². The summed E-state index contributed by atoms with van der Waals surface area (Å²) in [5.74, 6) is 1.64. The third-order valence-corrected chi connectivity index (χ3v) is 3.69. The topological polar surface area (TPSA) is 43.4 Å². The molecule has 4 nitrogen and oxygen atoms in total. The van der Waals surface area contributed by atoms with E-state index >= 15 is 0 Å². The van der Waals surface area contributed by atoms with Crippen LogP contribution in [0.2, 0.25) is 0 Å². The molecule has 18 heavy (non-hydrogen) atoms. The second-order valence-corrected chi connectivity index (χ2v) is 4.68. The number of thiophene rings is 1. The van der Waals surface area contributed by atoms with Crippen molar-refractivity contribution < 1.29 is 9.47 Å². The summed E-state index contributed by atoms with van der Waals surface area (Å²) in [7, 11) is 5.24. The minimum atomic E-state index is 0.0579. The molecule has 1 atom stereocenters. The van der Waals surface area contributed by atoms with Crippen molar-refractivity contribution in [2.75, 3.05) is 21.3 Å². The van der Waals surface area contributed by atoms with E-state index in [1.54, 1.807) is 31.8 Å². The molecular formula is C13H16N2O2S. The summed E-state index contributed by atoms with van der Waals surface area (Å²) in [5, 5.41) is 5.30. The maximum atomic E-state index is 5.36. The Morgan fingerprint density at radius 3 is 2.78 bits per heavy atom. The number of aromatic nitrogens is 1. The molecule has 0 saturated carbocycles. The van der Waals surface area contributed by atoms with Crippen LogP contribution >= 0.6 is 11.3 Å². The van der Waals surface area contributed by atoms with E-state index in [0.717, 1.165) is 21.9 Å². The molecule has 0 fully saturated rings. The maximum Gasteiger partial charge on any atom is 0.137 e. The van der Waals surface area contributed by atoms with Crippen LogP contribution in [0.25, 0.3) is 0 Å². The minimum absolute atomic E-state index is 0.0579. The van der Waals surface area contributed by atoms with Gasteiger partial charge in [0.1, 0.15) is 11.5 Å². The molecule has 1 N–H and O–H groups in total. The van der Waals surface area contributed by atoms with Crippen molar-refractivity contribution in [3.05, 3.63) is 40.3 Å². The van der Waals surface area contributed by atoms with Crippen LogP contribution in [0.15, 0.2) is 29.9 Å². The summed E-state index contributed by atoms with van der Waals surface area (Å²) in [6.07, 6.45) is 3.53. The van der Waals surface area contributed by atoms with Gasteiger partial charge in [-0.3, -0.25) is 4.98 Å². The molecule has 2 aromatic rings. The van der Waals surface area contributed by atoms with Crippen molar-refractivity contribution >= 4 is 11.3 Å². The van der Waals surface area contributed by atoms with Gasteiger partial charge in [0.05, 0.1) is 31.3 Å². The lowest BCUT2D eigenvalue weighted by Crippen LogP contribution is -2.17. The Morgan fingerprint density at radius 2 is 2.11 bits per heavy atom. The maximum absolute atomic E-state index is 5.36. The van der Waals surface area contributed by atoms with Crippen LogP contribution in [-0.2, 0) is 0 Å². The summed E-state index contributed by atoms with van der Waals surface area (Å²) >= 11 is 1.66. The summed E-state index contributed by atoms with van der Waals surface area (Å²) in [6.45, 7) is 0. The van der Waals surface area contributed by atoms with E-state index in [2.05, 4.69) is 10.3 Å². The Labute approximate surface area is 111 Å². The summed E-state index contributed by atoms with van der Waals surface area (Å²) < 4.78 is 10.6. The predicted molar refractivity (Wildman–Crippen MR) is 72.6 cm³/mol. The SMILES string of the molecule is CNC(c1cncc(OC)c1)c1sccc1OC. The Balaban J connectivity index is 2.38. The lowest BCUT2D eigenvalue weighted by molar-refractivity contribution is 0.406. The van der Waals surface area contributed by atoms with E-state index in [1.165, 1.54) is 0 Å². The van der Waals surface area contributed by atoms with Gasteiger partial charge in [-0.2, -0.15) is 0 Å². The van der Waals surface area contributed by atoms with Crippen molar-refractivity contribution in [1.29, 1.82) is 0 Å². The van der Waals surface area contributed by atoms with Crippen molar-refractivity contribution in [2.24, 2.45) is 0 Å². The third kappa shape index (κ3) is 2.47. The van der Waals surface area contributed by atoms with Crippen molar-refractivity contribution in [3.63, 3.8) is 0 Å². The average molecular weight is 264 g/mol. The molecule has 0 spiro atoms. The standard InChI is InChI=1S/C13H16N2O2S/c1-14-12(13-11(17-3)4-5-18-13)9-6-10(16-2)8-15-7-9/h4-8,12,14H,1-3H3. The van der Waals surface area contributed by atoms with Crippen LogP contribution in [0, 0.1) is 0 Å². The first-order valence-corrected chi connectivity index (χ1v) is 6.45. The molecule has 2 rings (SSSR count). The monoisotopic (exact) mass is 264 g/mol. The summed E-state index contributed by atoms with van der Waals surface area (Å²) in [6, 6.07) is 4.01. The first kappa shape index (κ1) is 12.9. The van der Waals surface area contributed by atoms with Crippen LogP contribution < -0.4 is 14.8 Å². The highest BCUT2D eigenvalue weighted by Gasteiger charge is 2.18. The van der Waals surface area contributed by atoms with Gasteiger partial charge in [0.2, 0.25) is 0 Å². The molecule has 0 amide bonds. The lowest BCUT2D eigenvalue weighted by atomic mass is 10.1. The van der Waals surface area contributed by atoms with Gasteiger partial charge in [-0.05, 0) is 30.1 Å². The molecule has 1 unspecified atom stereocenters. The van der Waals surface area contributed by atoms with Gasteiger partial charge in [0.15, 0.2) is 0 Å². The van der Waals surface area contributed by atoms with E-state index in [4.69, 9.17) is 9.47 Å². The highest BCUT2D eigenvalue weighted by Crippen LogP contribution is 2.34. The number of pyridine rings is 1. The predicted octanol–water partition coefficient (Wildman–Crippen LogP) is 2.47. The minimum Gasteiger partial charge on any atom is -0.496 e. The van der Waals surface area contributed by atoms with E-state index in [-0.39, 0.29) is 6.04 Å². The molecule has 0 aliphatic rings. The number of hydrogen-bond acceptors (Lipinski definition) is 5. The molecule has 0 saturated heterocycles. The van der Waals surface area contributed by atoms with E-state index in [9.17, 15) is 0 Å². The molecule has 0 bridgehead atoms. The van der Waals surface area contributed by atoms with Gasteiger partial charge in [0.25, 0.3) is 0 Å². The highest BCUT2D eigenvalue weighted by molar-refractivity contribution is 7.10. The zero-order valence-corrected chi connectivity index (χ0v) is 11.5. The molecule has 0 aliphatic heterocycles. The third-order valence-electron chi connectivity index (χ3n) is 2.73. The van der Waals surface area contributed by atoms with Gasteiger partial charge in [-0.1, -0.05) is 0 Å². The van der Waals surface area contributed by atoms with Gasteiger partial charge < -0.3 is 14.8 Å². The summed E-state index contributed by atoms with van der Waals surface area (Å²) in [5.41, 5.74) is 1.05. The quantitative estimate of drug-likeness (QED) is 0.901. The van der Waals surface area contributed by atoms with E-state index in [1.807, 2.05) is 30.8 Å². The second kappa shape index (κ2) is 5.84. The van der Waals surface area contributed by atoms with Crippen molar-refractivity contribution in [3.8, 4) is 11.5 Å². The summed E-state index contributed by atoms with van der Waals surface area (Å²) in [4.78, 5) is 5.32. The zero-order valence-electron chi connectivity index (χ0n) is 10.6. The largest absolute Gasteiger partial charge is 0.496 e. The molecule has 2 heterocycles. The highest BCUT2D eigenvalue weighted by atomic mass is 32.1. The normalized spacial score (nSPS) is 12.2. The molecule has 2 aromatic heterocycles. The average Bonchev–Trinajstić information content (AvgIpc) is 2.88. The van der Waals surface area contributed by atoms with Crippen LogP contribution in [0.3, 0.4) is 0 Å². The molecule has 0 radical (unpaired) electrons. The van der Waals surface area contributed by atoms with Crippen LogP contribution in [0.1, 0.15) is 16.5 Å². The number of rotatable bonds is 5. The fourth-order valence-corrected chi connectivity index (χ4v) is 2.84. The van der Waals surface area contributed by atoms with Gasteiger partial charge in [-0.15, -0.1) is 11.3 Å². The van der Waals surface area contributed by atoms with Gasteiger partial charge >= 0.3 is 0 Å². The Bertz CT molecular complexity index is 513. The molecule has 0 aliphatic carbocycles. The molecule has 96 valence electrons. The number of ether oxygens (including phenoxy) is 2. The second-order valence-electron chi connectivity index (χ2n) is 3.73. The smallest absolute Gasteiger partial charge is 0.137 e. The van der Waals surface area contributed by atoms with Gasteiger partial charge in [-0.25, -0.2) is 0 Å². The molecule has 0 aromatic carbocycles. The number of methoxy groups -OCH3 is 2. The molecular weight excluding hydrogens is 248 g/mol. The van der Waals surface area contributed by atoms with Crippen molar-refractivity contribution in [1.82, 2.24) is 10.3 Å². The molecule has 5 heteroatoms. The Hall–Kier alpha value is -1.59. The fourth-order valence-electron chi connectivity index (χ4n) is 1.84. The zero-order chi connectivity index (χ0) is 13.0. The number of nitrogens with one attached hydrogen (secondary N) is 1. The number of nitrogens with zero attached hydrogens (tertiary/aromatic N) is 1. The van der Waals surface area contributed by atoms with Crippen molar-refractivity contribution in [2.45, 2.75) is 6.04 Å². The first-order chi connectivity index (χ1) is 8.80. The van der Waals surface area contributed by atoms with E-state index in [0.29, 0.717) is 0 Å². The van der Waals surface area contributed by atoms with Crippen LogP contribution in [-0.4, -0.2) is 26.3 Å². The Morgan fingerprint density at radius 1 is 1.28 bits per heavy atom. The lowest BCUT2D eigenvalue weighted by Gasteiger charge is -2.16. The first-order valence-electron chi connectivity index (χ1n) is 5.57. The fraction of sp³-hybridized carbons (Fsp3) is 0.308. The number of hydrogen-bond donors (Lipinski definition) is 1.